The Labute approximate surface area is 114 Å². The molecule has 2 aliphatic rings. The van der Waals surface area contributed by atoms with E-state index in [0.29, 0.717) is 6.04 Å². The lowest BCUT2D eigenvalue weighted by atomic mass is 9.86. The molecule has 0 bridgehead atoms. The molecular weight excluding hydrogens is 238 g/mol. The molecule has 2 heterocycles. The fourth-order valence-electron chi connectivity index (χ4n) is 3.34. The van der Waals surface area contributed by atoms with Crippen molar-refractivity contribution in [3.05, 3.63) is 29.8 Å². The highest BCUT2D eigenvalue weighted by molar-refractivity contribution is 5.70. The molecule has 2 aliphatic heterocycles. The standard InChI is InChI=1S/C16H21NO2/c1-11-14-10-16(19-3)15(18-2)9-12(14)8-13-6-4-5-7-17(11)13/h9-10,13H,1,4-8H2,2-3H3. The molecule has 0 N–H and O–H groups in total. The van der Waals surface area contributed by atoms with E-state index >= 15 is 0 Å². The van der Waals surface area contributed by atoms with E-state index in [0.717, 1.165) is 30.2 Å². The number of fused-ring (bicyclic) bond motifs is 2. The number of ether oxygens (including phenoxy) is 2. The van der Waals surface area contributed by atoms with Gasteiger partial charge in [-0.25, -0.2) is 0 Å². The highest BCUT2D eigenvalue weighted by Gasteiger charge is 2.31. The fourth-order valence-corrected chi connectivity index (χ4v) is 3.34. The molecule has 102 valence electrons. The first kappa shape index (κ1) is 12.4. The number of piperidine rings is 1. The zero-order valence-electron chi connectivity index (χ0n) is 11.7. The Morgan fingerprint density at radius 3 is 2.63 bits per heavy atom. The van der Waals surface area contributed by atoms with Gasteiger partial charge in [0.15, 0.2) is 11.5 Å². The van der Waals surface area contributed by atoms with Crippen molar-refractivity contribution in [2.75, 3.05) is 20.8 Å². The molecule has 3 nitrogen and oxygen atoms in total. The summed E-state index contributed by atoms with van der Waals surface area (Å²) in [5.41, 5.74) is 3.70. The Morgan fingerprint density at radius 2 is 1.89 bits per heavy atom. The van der Waals surface area contributed by atoms with Crippen LogP contribution in [0.5, 0.6) is 11.5 Å². The monoisotopic (exact) mass is 259 g/mol. The number of hydrogen-bond donors (Lipinski definition) is 0. The van der Waals surface area contributed by atoms with Crippen LogP contribution in [0.1, 0.15) is 30.4 Å². The summed E-state index contributed by atoms with van der Waals surface area (Å²) >= 11 is 0. The third-order valence-corrected chi connectivity index (χ3v) is 4.35. The molecule has 0 spiro atoms. The van der Waals surface area contributed by atoms with Crippen molar-refractivity contribution in [3.8, 4) is 11.5 Å². The van der Waals surface area contributed by atoms with Crippen LogP contribution in [-0.2, 0) is 6.42 Å². The molecule has 1 aromatic rings. The average molecular weight is 259 g/mol. The maximum absolute atomic E-state index is 5.41. The molecule has 19 heavy (non-hydrogen) atoms. The Bertz CT molecular complexity index is 510. The van der Waals surface area contributed by atoms with Gasteiger partial charge in [0.1, 0.15) is 0 Å². The number of methoxy groups -OCH3 is 2. The summed E-state index contributed by atoms with van der Waals surface area (Å²) in [6, 6.07) is 4.80. The Kier molecular flexibility index (Phi) is 3.13. The van der Waals surface area contributed by atoms with Gasteiger partial charge in [0.2, 0.25) is 0 Å². The maximum atomic E-state index is 5.41. The molecule has 0 aliphatic carbocycles. The van der Waals surface area contributed by atoms with E-state index in [1.807, 2.05) is 0 Å². The van der Waals surface area contributed by atoms with Crippen LogP contribution in [0.2, 0.25) is 0 Å². The van der Waals surface area contributed by atoms with E-state index in [1.165, 1.54) is 30.4 Å². The van der Waals surface area contributed by atoms with Gasteiger partial charge in [-0.05, 0) is 43.4 Å². The summed E-state index contributed by atoms with van der Waals surface area (Å²) < 4.78 is 10.8. The molecule has 0 aromatic heterocycles. The molecule has 1 saturated heterocycles. The van der Waals surface area contributed by atoms with Gasteiger partial charge < -0.3 is 14.4 Å². The minimum absolute atomic E-state index is 0.617. The molecule has 1 aromatic carbocycles. The van der Waals surface area contributed by atoms with Gasteiger partial charge in [-0.3, -0.25) is 0 Å². The number of nitrogens with zero attached hydrogens (tertiary/aromatic N) is 1. The number of benzene rings is 1. The van der Waals surface area contributed by atoms with E-state index < -0.39 is 0 Å². The van der Waals surface area contributed by atoms with Gasteiger partial charge in [-0.1, -0.05) is 6.58 Å². The van der Waals surface area contributed by atoms with Gasteiger partial charge in [0, 0.05) is 23.8 Å². The minimum atomic E-state index is 0.617. The fraction of sp³-hybridized carbons (Fsp3) is 0.500. The summed E-state index contributed by atoms with van der Waals surface area (Å²) in [6.45, 7) is 5.44. The molecular formula is C16H21NO2. The quantitative estimate of drug-likeness (QED) is 0.814. The highest BCUT2D eigenvalue weighted by atomic mass is 16.5. The van der Waals surface area contributed by atoms with Crippen molar-refractivity contribution < 1.29 is 9.47 Å². The number of hydrogen-bond acceptors (Lipinski definition) is 3. The first-order valence-corrected chi connectivity index (χ1v) is 6.95. The second kappa shape index (κ2) is 4.80. The van der Waals surface area contributed by atoms with E-state index in [1.54, 1.807) is 14.2 Å². The summed E-state index contributed by atoms with van der Waals surface area (Å²) in [5.74, 6) is 1.61. The lowest BCUT2D eigenvalue weighted by molar-refractivity contribution is 0.218. The molecule has 3 rings (SSSR count). The van der Waals surface area contributed by atoms with Gasteiger partial charge in [-0.2, -0.15) is 0 Å². The van der Waals surface area contributed by atoms with E-state index in [4.69, 9.17) is 9.47 Å². The molecule has 0 amide bonds. The van der Waals surface area contributed by atoms with Gasteiger partial charge in [0.25, 0.3) is 0 Å². The second-order valence-corrected chi connectivity index (χ2v) is 5.36. The minimum Gasteiger partial charge on any atom is -0.493 e. The van der Waals surface area contributed by atoms with Crippen LogP contribution < -0.4 is 9.47 Å². The van der Waals surface area contributed by atoms with Crippen molar-refractivity contribution in [1.82, 2.24) is 4.90 Å². The highest BCUT2D eigenvalue weighted by Crippen LogP contribution is 2.40. The Morgan fingerprint density at radius 1 is 1.16 bits per heavy atom. The molecule has 1 atom stereocenters. The van der Waals surface area contributed by atoms with Gasteiger partial charge in [0.05, 0.1) is 14.2 Å². The van der Waals surface area contributed by atoms with Crippen LogP contribution in [0.25, 0.3) is 5.70 Å². The number of rotatable bonds is 2. The Hall–Kier alpha value is -1.64. The van der Waals surface area contributed by atoms with E-state index in [2.05, 4.69) is 23.6 Å². The van der Waals surface area contributed by atoms with Crippen molar-refractivity contribution in [1.29, 1.82) is 0 Å². The van der Waals surface area contributed by atoms with Crippen LogP contribution in [0.4, 0.5) is 0 Å². The van der Waals surface area contributed by atoms with Crippen molar-refractivity contribution in [3.63, 3.8) is 0 Å². The van der Waals surface area contributed by atoms with Crippen molar-refractivity contribution >= 4 is 5.70 Å². The first-order chi connectivity index (χ1) is 9.24. The predicted octanol–water partition coefficient (Wildman–Crippen LogP) is 3.09. The van der Waals surface area contributed by atoms with Crippen LogP contribution in [0, 0.1) is 0 Å². The normalized spacial score (nSPS) is 21.7. The summed E-state index contributed by atoms with van der Waals surface area (Å²) in [4.78, 5) is 2.47. The van der Waals surface area contributed by atoms with Crippen molar-refractivity contribution in [2.24, 2.45) is 0 Å². The molecule has 0 saturated carbocycles. The summed E-state index contributed by atoms with van der Waals surface area (Å²) in [7, 11) is 3.37. The van der Waals surface area contributed by atoms with Crippen LogP contribution >= 0.6 is 0 Å². The van der Waals surface area contributed by atoms with Crippen LogP contribution in [0.15, 0.2) is 18.7 Å². The maximum Gasteiger partial charge on any atom is 0.161 e. The predicted molar refractivity (Wildman–Crippen MR) is 76.6 cm³/mol. The molecule has 1 unspecified atom stereocenters. The smallest absolute Gasteiger partial charge is 0.161 e. The third kappa shape index (κ3) is 1.97. The second-order valence-electron chi connectivity index (χ2n) is 5.36. The van der Waals surface area contributed by atoms with Crippen LogP contribution in [0.3, 0.4) is 0 Å². The lowest BCUT2D eigenvalue weighted by Gasteiger charge is -2.43. The van der Waals surface area contributed by atoms with Crippen LogP contribution in [-0.4, -0.2) is 31.7 Å². The SMILES string of the molecule is C=C1c2cc(OC)c(OC)cc2CC2CCCCN12. The van der Waals surface area contributed by atoms with Crippen molar-refractivity contribution in [2.45, 2.75) is 31.7 Å². The topological polar surface area (TPSA) is 21.7 Å². The molecule has 3 heteroatoms. The summed E-state index contributed by atoms with van der Waals surface area (Å²) in [6.07, 6.45) is 4.97. The lowest BCUT2D eigenvalue weighted by Crippen LogP contribution is -2.42. The third-order valence-electron chi connectivity index (χ3n) is 4.35. The first-order valence-electron chi connectivity index (χ1n) is 6.95. The molecule has 0 radical (unpaired) electrons. The largest absolute Gasteiger partial charge is 0.493 e. The van der Waals surface area contributed by atoms with E-state index in [-0.39, 0.29) is 0 Å². The van der Waals surface area contributed by atoms with E-state index in [9.17, 15) is 0 Å². The Balaban J connectivity index is 2.04. The zero-order valence-corrected chi connectivity index (χ0v) is 11.7. The van der Waals surface area contributed by atoms with Gasteiger partial charge in [-0.15, -0.1) is 0 Å². The average Bonchev–Trinajstić information content (AvgIpc) is 2.46. The zero-order chi connectivity index (χ0) is 13.4. The van der Waals surface area contributed by atoms with Gasteiger partial charge >= 0.3 is 0 Å². The summed E-state index contributed by atoms with van der Waals surface area (Å²) in [5, 5.41) is 0. The molecule has 1 fully saturated rings.